The Morgan fingerprint density at radius 3 is 2.67 bits per heavy atom. The fourth-order valence-corrected chi connectivity index (χ4v) is 1.93. The lowest BCUT2D eigenvalue weighted by atomic mass is 10.2. The van der Waals surface area contributed by atoms with Crippen molar-refractivity contribution < 1.29 is 4.79 Å². The maximum absolute atomic E-state index is 11.9. The topological polar surface area (TPSA) is 46.1 Å². The number of amides is 1. The minimum Gasteiger partial charge on any atom is -0.330 e. The molecule has 1 aliphatic heterocycles. The number of aryl methyl sites for hydroxylation is 1. The van der Waals surface area contributed by atoms with Gasteiger partial charge in [-0.05, 0) is 32.4 Å². The number of rotatable bonds is 1. The normalized spacial score (nSPS) is 15.0. The largest absolute Gasteiger partial charge is 0.330 e. The van der Waals surface area contributed by atoms with Crippen LogP contribution in [0, 0.1) is 6.92 Å². The first-order chi connectivity index (χ1) is 7.00. The molecule has 1 amide bonds. The standard InChI is InChI=1S/C10H12ClN3O/c1-5(2)14-4-7-6(3)12-10(11)13-8(7)9(14)15/h5H,4H2,1-3H3. The molecule has 15 heavy (non-hydrogen) atoms. The Hall–Kier alpha value is -1.16. The Morgan fingerprint density at radius 2 is 2.07 bits per heavy atom. The van der Waals surface area contributed by atoms with E-state index >= 15 is 0 Å². The number of hydrogen-bond donors (Lipinski definition) is 0. The maximum atomic E-state index is 11.9. The van der Waals surface area contributed by atoms with Gasteiger partial charge in [0.05, 0.1) is 6.54 Å². The lowest BCUT2D eigenvalue weighted by Crippen LogP contribution is -2.31. The van der Waals surface area contributed by atoms with Gasteiger partial charge in [-0.25, -0.2) is 9.97 Å². The number of halogens is 1. The average Bonchev–Trinajstić information content (AvgIpc) is 2.44. The van der Waals surface area contributed by atoms with E-state index in [-0.39, 0.29) is 17.2 Å². The molecule has 1 aromatic heterocycles. The van der Waals surface area contributed by atoms with Crippen LogP contribution in [0.5, 0.6) is 0 Å². The van der Waals surface area contributed by atoms with E-state index in [2.05, 4.69) is 9.97 Å². The highest BCUT2D eigenvalue weighted by molar-refractivity contribution is 6.28. The molecule has 0 atom stereocenters. The third-order valence-electron chi connectivity index (χ3n) is 2.60. The van der Waals surface area contributed by atoms with Crippen LogP contribution in [-0.4, -0.2) is 26.8 Å². The van der Waals surface area contributed by atoms with E-state index in [1.165, 1.54) is 0 Å². The summed E-state index contributed by atoms with van der Waals surface area (Å²) in [6.07, 6.45) is 0. The second-order valence-corrected chi connectivity index (χ2v) is 4.27. The van der Waals surface area contributed by atoms with E-state index in [0.29, 0.717) is 12.2 Å². The molecule has 0 aromatic carbocycles. The van der Waals surface area contributed by atoms with Crippen molar-refractivity contribution in [3.8, 4) is 0 Å². The van der Waals surface area contributed by atoms with Crippen LogP contribution in [0.3, 0.4) is 0 Å². The third-order valence-corrected chi connectivity index (χ3v) is 2.77. The van der Waals surface area contributed by atoms with Crippen molar-refractivity contribution in [3.05, 3.63) is 22.2 Å². The van der Waals surface area contributed by atoms with Crippen LogP contribution in [-0.2, 0) is 6.54 Å². The van der Waals surface area contributed by atoms with E-state index in [9.17, 15) is 4.79 Å². The first-order valence-electron chi connectivity index (χ1n) is 4.84. The Kier molecular flexibility index (Phi) is 2.38. The van der Waals surface area contributed by atoms with Gasteiger partial charge in [0.15, 0.2) is 0 Å². The molecule has 4 nitrogen and oxygen atoms in total. The predicted octanol–water partition coefficient (Wildman–Crippen LogP) is 1.80. The SMILES string of the molecule is Cc1nc(Cl)nc2c1CN(C(C)C)C2=O. The van der Waals surface area contributed by atoms with Crippen LogP contribution < -0.4 is 0 Å². The number of aromatic nitrogens is 2. The Bertz CT molecular complexity index is 431. The monoisotopic (exact) mass is 225 g/mol. The Morgan fingerprint density at radius 1 is 1.40 bits per heavy atom. The minimum absolute atomic E-state index is 0.0487. The molecule has 2 heterocycles. The van der Waals surface area contributed by atoms with Crippen LogP contribution in [0.2, 0.25) is 5.28 Å². The first kappa shape index (κ1) is 10.4. The second kappa shape index (κ2) is 3.45. The van der Waals surface area contributed by atoms with Crippen molar-refractivity contribution in [1.29, 1.82) is 0 Å². The van der Waals surface area contributed by atoms with Gasteiger partial charge in [0.25, 0.3) is 5.91 Å². The fourth-order valence-electron chi connectivity index (χ4n) is 1.72. The molecular weight excluding hydrogens is 214 g/mol. The van der Waals surface area contributed by atoms with Crippen molar-refractivity contribution in [2.45, 2.75) is 33.4 Å². The average molecular weight is 226 g/mol. The summed E-state index contributed by atoms with van der Waals surface area (Å²) in [6, 6.07) is 0.171. The van der Waals surface area contributed by atoms with Gasteiger partial charge < -0.3 is 4.90 Å². The van der Waals surface area contributed by atoms with Gasteiger partial charge in [-0.1, -0.05) is 0 Å². The highest BCUT2D eigenvalue weighted by Crippen LogP contribution is 2.25. The molecule has 0 spiro atoms. The third kappa shape index (κ3) is 1.59. The summed E-state index contributed by atoms with van der Waals surface area (Å²) in [4.78, 5) is 21.7. The van der Waals surface area contributed by atoms with Crippen molar-refractivity contribution in [2.24, 2.45) is 0 Å². The highest BCUT2D eigenvalue weighted by Gasteiger charge is 2.32. The van der Waals surface area contributed by atoms with Crippen molar-refractivity contribution >= 4 is 17.5 Å². The zero-order valence-corrected chi connectivity index (χ0v) is 9.67. The molecule has 0 saturated carbocycles. The van der Waals surface area contributed by atoms with Crippen LogP contribution in [0.15, 0.2) is 0 Å². The maximum Gasteiger partial charge on any atom is 0.273 e. The van der Waals surface area contributed by atoms with Crippen molar-refractivity contribution in [3.63, 3.8) is 0 Å². The number of hydrogen-bond acceptors (Lipinski definition) is 3. The molecule has 1 aliphatic rings. The van der Waals surface area contributed by atoms with E-state index in [1.54, 1.807) is 4.90 Å². The molecule has 0 aliphatic carbocycles. The second-order valence-electron chi connectivity index (χ2n) is 3.93. The van der Waals surface area contributed by atoms with Crippen molar-refractivity contribution in [1.82, 2.24) is 14.9 Å². The predicted molar refractivity (Wildman–Crippen MR) is 56.8 cm³/mol. The molecule has 0 radical (unpaired) electrons. The molecule has 1 aromatic rings. The summed E-state index contributed by atoms with van der Waals surface area (Å²) in [5.41, 5.74) is 2.15. The molecule has 0 N–H and O–H groups in total. The first-order valence-corrected chi connectivity index (χ1v) is 5.22. The van der Waals surface area contributed by atoms with Gasteiger partial charge in [-0.15, -0.1) is 0 Å². The fraction of sp³-hybridized carbons (Fsp3) is 0.500. The summed E-state index contributed by atoms with van der Waals surface area (Å²) in [5, 5.41) is 0.144. The molecular formula is C10H12ClN3O. The number of carbonyl (C=O) groups excluding carboxylic acids is 1. The van der Waals surface area contributed by atoms with Crippen molar-refractivity contribution in [2.75, 3.05) is 0 Å². The smallest absolute Gasteiger partial charge is 0.273 e. The number of fused-ring (bicyclic) bond motifs is 1. The Labute approximate surface area is 93.3 Å². The molecule has 0 unspecified atom stereocenters. The molecule has 0 fully saturated rings. The number of carbonyl (C=O) groups is 1. The van der Waals surface area contributed by atoms with Gasteiger partial charge in [0.1, 0.15) is 5.69 Å². The quantitative estimate of drug-likeness (QED) is 0.685. The van der Waals surface area contributed by atoms with Crippen LogP contribution in [0.1, 0.15) is 35.6 Å². The summed E-state index contributed by atoms with van der Waals surface area (Å²) in [5.74, 6) is -0.0487. The summed E-state index contributed by atoms with van der Waals surface area (Å²) >= 11 is 5.73. The van der Waals surface area contributed by atoms with Crippen LogP contribution in [0.4, 0.5) is 0 Å². The van der Waals surface area contributed by atoms with Gasteiger partial charge in [-0.3, -0.25) is 4.79 Å². The summed E-state index contributed by atoms with van der Waals surface area (Å²) in [6.45, 7) is 6.40. The molecule has 0 saturated heterocycles. The van der Waals surface area contributed by atoms with Gasteiger partial charge >= 0.3 is 0 Å². The van der Waals surface area contributed by atoms with Crippen LogP contribution >= 0.6 is 11.6 Å². The van der Waals surface area contributed by atoms with Crippen LogP contribution in [0.25, 0.3) is 0 Å². The zero-order chi connectivity index (χ0) is 11.2. The molecule has 0 bridgehead atoms. The summed E-state index contributed by atoms with van der Waals surface area (Å²) in [7, 11) is 0. The molecule has 2 rings (SSSR count). The Balaban J connectivity index is 2.50. The zero-order valence-electron chi connectivity index (χ0n) is 8.91. The minimum atomic E-state index is -0.0487. The van der Waals surface area contributed by atoms with E-state index in [4.69, 9.17) is 11.6 Å². The van der Waals surface area contributed by atoms with E-state index in [0.717, 1.165) is 11.3 Å². The van der Waals surface area contributed by atoms with Gasteiger partial charge in [0, 0.05) is 17.3 Å². The molecule has 5 heteroatoms. The lowest BCUT2D eigenvalue weighted by molar-refractivity contribution is 0.0726. The van der Waals surface area contributed by atoms with E-state index in [1.807, 2.05) is 20.8 Å². The highest BCUT2D eigenvalue weighted by atomic mass is 35.5. The lowest BCUT2D eigenvalue weighted by Gasteiger charge is -2.19. The number of nitrogens with zero attached hydrogens (tertiary/aromatic N) is 3. The van der Waals surface area contributed by atoms with Gasteiger partial charge in [-0.2, -0.15) is 0 Å². The molecule has 80 valence electrons. The summed E-state index contributed by atoms with van der Waals surface area (Å²) < 4.78 is 0. The van der Waals surface area contributed by atoms with E-state index < -0.39 is 0 Å². The van der Waals surface area contributed by atoms with Gasteiger partial charge in [0.2, 0.25) is 5.28 Å².